The highest BCUT2D eigenvalue weighted by molar-refractivity contribution is 5.71. The molecule has 442 valence electrons. The number of carbonyl (C=O) groups excluding carboxylic acids is 3. The van der Waals surface area contributed by atoms with Crippen molar-refractivity contribution in [1.82, 2.24) is 0 Å². The fourth-order valence-electron chi connectivity index (χ4n) is 9.79. The van der Waals surface area contributed by atoms with E-state index in [2.05, 4.69) is 81.5 Å². The molecule has 0 spiro atoms. The molecule has 1 atom stereocenters. The van der Waals surface area contributed by atoms with Crippen molar-refractivity contribution in [2.45, 2.75) is 354 Å². The maximum atomic E-state index is 12.9. The number of carbonyl (C=O) groups is 3. The van der Waals surface area contributed by atoms with E-state index < -0.39 is 6.10 Å². The number of hydrogen-bond acceptors (Lipinski definition) is 6. The zero-order chi connectivity index (χ0) is 55.0. The number of ether oxygens (including phenoxy) is 3. The van der Waals surface area contributed by atoms with Crippen molar-refractivity contribution >= 4 is 17.9 Å². The van der Waals surface area contributed by atoms with Gasteiger partial charge in [-0.3, -0.25) is 14.4 Å². The molecule has 0 radical (unpaired) electrons. The van der Waals surface area contributed by atoms with E-state index in [1.54, 1.807) is 0 Å². The van der Waals surface area contributed by atoms with Crippen molar-refractivity contribution in [1.29, 1.82) is 0 Å². The summed E-state index contributed by atoms with van der Waals surface area (Å²) >= 11 is 0. The van der Waals surface area contributed by atoms with Gasteiger partial charge in [-0.1, -0.05) is 306 Å². The van der Waals surface area contributed by atoms with Crippen molar-refractivity contribution in [3.63, 3.8) is 0 Å². The highest BCUT2D eigenvalue weighted by Gasteiger charge is 2.19. The Morgan fingerprint density at radius 2 is 0.513 bits per heavy atom. The lowest BCUT2D eigenvalue weighted by atomic mass is 10.0. The Labute approximate surface area is 472 Å². The highest BCUT2D eigenvalue weighted by Crippen LogP contribution is 2.18. The number of unbranched alkanes of at least 4 members (excludes halogenated alkanes) is 40. The van der Waals surface area contributed by atoms with Crippen molar-refractivity contribution in [2.75, 3.05) is 13.2 Å². The molecule has 1 unspecified atom stereocenters. The molecule has 0 saturated heterocycles. The Kier molecular flexibility index (Phi) is 62.2. The number of rotatable bonds is 61. The summed E-state index contributed by atoms with van der Waals surface area (Å²) in [6.45, 7) is 6.56. The molecule has 0 aromatic carbocycles. The van der Waals surface area contributed by atoms with Crippen LogP contribution in [0.1, 0.15) is 348 Å². The van der Waals surface area contributed by atoms with Crippen molar-refractivity contribution < 1.29 is 28.6 Å². The first kappa shape index (κ1) is 73.1. The minimum absolute atomic E-state index is 0.0755. The summed E-state index contributed by atoms with van der Waals surface area (Å²) < 4.78 is 17.0. The monoisotopic (exact) mass is 1060 g/mol. The van der Waals surface area contributed by atoms with Crippen LogP contribution in [0.15, 0.2) is 60.8 Å². The summed E-state index contributed by atoms with van der Waals surface area (Å²) in [5.74, 6) is -0.866. The van der Waals surface area contributed by atoms with Crippen LogP contribution in [0.4, 0.5) is 0 Å². The average molecular weight is 1060 g/mol. The zero-order valence-electron chi connectivity index (χ0n) is 50.8. The van der Waals surface area contributed by atoms with Gasteiger partial charge in [-0.05, 0) is 83.5 Å². The molecule has 0 heterocycles. The number of allylic oxidation sites excluding steroid dienone is 10. The maximum Gasteiger partial charge on any atom is 0.306 e. The molecule has 0 aliphatic rings. The third-order valence-electron chi connectivity index (χ3n) is 14.8. The molecule has 0 fully saturated rings. The third kappa shape index (κ3) is 62.0. The normalized spacial score (nSPS) is 12.4. The Hall–Kier alpha value is -2.89. The fourth-order valence-corrected chi connectivity index (χ4v) is 9.79. The molecule has 0 aromatic rings. The first-order chi connectivity index (χ1) is 37.5. The van der Waals surface area contributed by atoms with Crippen LogP contribution in [0.2, 0.25) is 0 Å². The fraction of sp³-hybridized carbons (Fsp3) is 0.814. The Morgan fingerprint density at radius 3 is 0.816 bits per heavy atom. The summed E-state index contributed by atoms with van der Waals surface area (Å²) in [6, 6.07) is 0. The van der Waals surface area contributed by atoms with Crippen LogP contribution in [0.3, 0.4) is 0 Å². The van der Waals surface area contributed by atoms with E-state index >= 15 is 0 Å². The predicted octanol–water partition coefficient (Wildman–Crippen LogP) is 22.7. The first-order valence-electron chi connectivity index (χ1n) is 33.3. The van der Waals surface area contributed by atoms with Gasteiger partial charge in [0.2, 0.25) is 0 Å². The summed E-state index contributed by atoms with van der Waals surface area (Å²) in [5.41, 5.74) is 0. The third-order valence-corrected chi connectivity index (χ3v) is 14.8. The standard InChI is InChI=1S/C70H126O6/c1-4-7-10-13-16-19-22-25-28-30-32-34-35-37-38-40-42-45-48-51-54-57-60-63-69(72)75-66-67(65-74-68(71)62-59-56-53-50-47-44-27-24-21-18-15-12-9-6-3)76-70(73)64-61-58-55-52-49-46-43-41-39-36-33-31-29-26-23-20-17-14-11-8-5-2/h7,10,16,19,24-25,27-28,32,34,67H,4-6,8-9,11-15,17-18,20-23,26,29-31,33,35-66H2,1-3H3/b10-7-,19-16-,27-24-,28-25-,34-32-. The molecule has 76 heavy (non-hydrogen) atoms. The molecule has 0 aliphatic carbocycles. The van der Waals surface area contributed by atoms with Gasteiger partial charge in [0.1, 0.15) is 13.2 Å². The Balaban J connectivity index is 4.31. The lowest BCUT2D eigenvalue weighted by molar-refractivity contribution is -0.167. The molecular formula is C70H126O6. The second-order valence-electron chi connectivity index (χ2n) is 22.4. The SMILES string of the molecule is CC/C=C\C/C=C\C/C=C\C/C=C\CCCCCCCCCCCCC(=O)OCC(COC(=O)CCCCCCC/C=C\CCCCCCC)OC(=O)CCCCCCCCCCCCCCCCCCCCCCC. The topological polar surface area (TPSA) is 78.9 Å². The minimum Gasteiger partial charge on any atom is -0.462 e. The molecule has 0 aromatic heterocycles. The van der Waals surface area contributed by atoms with E-state index in [4.69, 9.17) is 14.2 Å². The second kappa shape index (κ2) is 64.6. The smallest absolute Gasteiger partial charge is 0.306 e. The van der Waals surface area contributed by atoms with E-state index in [9.17, 15) is 14.4 Å². The predicted molar refractivity (Wildman–Crippen MR) is 330 cm³/mol. The number of esters is 3. The van der Waals surface area contributed by atoms with E-state index in [-0.39, 0.29) is 31.1 Å². The Morgan fingerprint density at radius 1 is 0.276 bits per heavy atom. The van der Waals surface area contributed by atoms with Gasteiger partial charge in [-0.15, -0.1) is 0 Å². The summed E-state index contributed by atoms with van der Waals surface area (Å²) in [4.78, 5) is 38.4. The van der Waals surface area contributed by atoms with Crippen LogP contribution in [0.5, 0.6) is 0 Å². The molecule has 0 saturated carbocycles. The van der Waals surface area contributed by atoms with Crippen LogP contribution in [0.25, 0.3) is 0 Å². The van der Waals surface area contributed by atoms with Gasteiger partial charge in [-0.2, -0.15) is 0 Å². The molecule has 0 N–H and O–H groups in total. The van der Waals surface area contributed by atoms with Gasteiger partial charge in [0, 0.05) is 19.3 Å². The quantitative estimate of drug-likeness (QED) is 0.0261. The van der Waals surface area contributed by atoms with Gasteiger partial charge in [0.25, 0.3) is 0 Å². The lowest BCUT2D eigenvalue weighted by Crippen LogP contribution is -2.30. The van der Waals surface area contributed by atoms with Gasteiger partial charge in [-0.25, -0.2) is 0 Å². The van der Waals surface area contributed by atoms with Crippen molar-refractivity contribution in [2.24, 2.45) is 0 Å². The molecule has 0 amide bonds. The zero-order valence-corrected chi connectivity index (χ0v) is 50.8. The van der Waals surface area contributed by atoms with Gasteiger partial charge >= 0.3 is 17.9 Å². The lowest BCUT2D eigenvalue weighted by Gasteiger charge is -2.18. The van der Waals surface area contributed by atoms with Crippen molar-refractivity contribution in [3.05, 3.63) is 60.8 Å². The van der Waals surface area contributed by atoms with E-state index in [0.29, 0.717) is 19.3 Å². The van der Waals surface area contributed by atoms with Crippen LogP contribution >= 0.6 is 0 Å². The molecule has 0 rings (SSSR count). The molecule has 6 nitrogen and oxygen atoms in total. The minimum atomic E-state index is -0.778. The summed E-state index contributed by atoms with van der Waals surface area (Å²) in [7, 11) is 0. The summed E-state index contributed by atoms with van der Waals surface area (Å²) in [6.07, 6.45) is 82.3. The van der Waals surface area contributed by atoms with Crippen LogP contribution < -0.4 is 0 Å². The van der Waals surface area contributed by atoms with E-state index in [1.165, 1.54) is 218 Å². The van der Waals surface area contributed by atoms with Gasteiger partial charge in [0.15, 0.2) is 6.10 Å². The maximum absolute atomic E-state index is 12.9. The second-order valence-corrected chi connectivity index (χ2v) is 22.4. The van der Waals surface area contributed by atoms with Gasteiger partial charge in [0.05, 0.1) is 0 Å². The van der Waals surface area contributed by atoms with Crippen LogP contribution in [0, 0.1) is 0 Å². The largest absolute Gasteiger partial charge is 0.462 e. The van der Waals surface area contributed by atoms with Gasteiger partial charge < -0.3 is 14.2 Å². The molecule has 0 aliphatic heterocycles. The first-order valence-corrected chi connectivity index (χ1v) is 33.3. The van der Waals surface area contributed by atoms with Crippen LogP contribution in [-0.2, 0) is 28.6 Å². The summed E-state index contributed by atoms with van der Waals surface area (Å²) in [5, 5.41) is 0. The van der Waals surface area contributed by atoms with Crippen molar-refractivity contribution in [3.8, 4) is 0 Å². The highest BCUT2D eigenvalue weighted by atomic mass is 16.6. The number of hydrogen-bond donors (Lipinski definition) is 0. The molecular weight excluding hydrogens is 937 g/mol. The molecule has 0 bridgehead atoms. The average Bonchev–Trinajstić information content (AvgIpc) is 3.42. The Bertz CT molecular complexity index is 1360. The molecule has 6 heteroatoms. The van der Waals surface area contributed by atoms with E-state index in [1.807, 2.05) is 0 Å². The van der Waals surface area contributed by atoms with Crippen LogP contribution in [-0.4, -0.2) is 37.2 Å². The van der Waals surface area contributed by atoms with E-state index in [0.717, 1.165) is 89.9 Å².